The van der Waals surface area contributed by atoms with Crippen molar-refractivity contribution in [1.29, 1.82) is 0 Å². The third-order valence-corrected chi connectivity index (χ3v) is 2.64. The summed E-state index contributed by atoms with van der Waals surface area (Å²) in [7, 11) is 3.72. The molecule has 0 fully saturated rings. The lowest BCUT2D eigenvalue weighted by Gasteiger charge is -2.23. The van der Waals surface area contributed by atoms with Crippen molar-refractivity contribution < 1.29 is 0 Å². The number of aromatic amines is 1. The number of hydrogen-bond acceptors (Lipinski definition) is 4. The number of anilines is 2. The van der Waals surface area contributed by atoms with E-state index in [0.29, 0.717) is 12.0 Å². The Morgan fingerprint density at radius 1 is 1.47 bits per heavy atom. The molecule has 0 saturated carbocycles. The van der Waals surface area contributed by atoms with Crippen LogP contribution in [0.4, 0.5) is 11.8 Å². The van der Waals surface area contributed by atoms with E-state index in [0.717, 1.165) is 24.2 Å². The van der Waals surface area contributed by atoms with E-state index in [2.05, 4.69) is 22.2 Å². The van der Waals surface area contributed by atoms with E-state index in [1.165, 1.54) is 0 Å². The van der Waals surface area contributed by atoms with Gasteiger partial charge >= 0.3 is 0 Å². The highest BCUT2D eigenvalue weighted by atomic mass is 16.1. The van der Waals surface area contributed by atoms with Gasteiger partial charge in [-0.2, -0.15) is 4.98 Å². The average molecular weight is 208 g/mol. The van der Waals surface area contributed by atoms with Crippen molar-refractivity contribution in [2.45, 2.75) is 25.8 Å². The number of fused-ring (bicyclic) bond motifs is 1. The van der Waals surface area contributed by atoms with Crippen LogP contribution in [0.3, 0.4) is 0 Å². The first-order valence-electron chi connectivity index (χ1n) is 5.15. The topological polar surface area (TPSA) is 61.0 Å². The SMILES string of the molecule is CC1CCc2c(nc(N(C)C)[nH]c2=O)N1. The molecule has 2 N–H and O–H groups in total. The molecule has 82 valence electrons. The first-order chi connectivity index (χ1) is 7.08. The smallest absolute Gasteiger partial charge is 0.257 e. The quantitative estimate of drug-likeness (QED) is 0.709. The maximum Gasteiger partial charge on any atom is 0.257 e. The summed E-state index contributed by atoms with van der Waals surface area (Å²) in [6.45, 7) is 2.10. The highest BCUT2D eigenvalue weighted by molar-refractivity contribution is 5.50. The summed E-state index contributed by atoms with van der Waals surface area (Å²) in [6, 6.07) is 0.391. The second-order valence-corrected chi connectivity index (χ2v) is 4.20. The molecule has 0 aromatic carbocycles. The van der Waals surface area contributed by atoms with Gasteiger partial charge in [-0.05, 0) is 19.8 Å². The number of aromatic nitrogens is 2. The van der Waals surface area contributed by atoms with Crippen molar-refractivity contribution in [3.8, 4) is 0 Å². The Hall–Kier alpha value is -1.52. The minimum absolute atomic E-state index is 0.0249. The maximum absolute atomic E-state index is 11.7. The molecule has 1 aromatic heterocycles. The first kappa shape index (κ1) is 10.0. The van der Waals surface area contributed by atoms with Gasteiger partial charge in [0, 0.05) is 20.1 Å². The molecular weight excluding hydrogens is 192 g/mol. The molecule has 5 heteroatoms. The largest absolute Gasteiger partial charge is 0.367 e. The molecule has 5 nitrogen and oxygen atoms in total. The maximum atomic E-state index is 11.7. The Morgan fingerprint density at radius 3 is 2.87 bits per heavy atom. The number of nitrogens with zero attached hydrogens (tertiary/aromatic N) is 2. The van der Waals surface area contributed by atoms with E-state index >= 15 is 0 Å². The molecule has 1 aliphatic heterocycles. The van der Waals surface area contributed by atoms with Crippen LogP contribution in [0.15, 0.2) is 4.79 Å². The van der Waals surface area contributed by atoms with Crippen LogP contribution in [0.5, 0.6) is 0 Å². The molecule has 0 spiro atoms. The van der Waals surface area contributed by atoms with Gasteiger partial charge in [-0.1, -0.05) is 0 Å². The summed E-state index contributed by atoms with van der Waals surface area (Å²) in [4.78, 5) is 20.7. The lowest BCUT2D eigenvalue weighted by Crippen LogP contribution is -2.30. The van der Waals surface area contributed by atoms with Crippen LogP contribution >= 0.6 is 0 Å². The molecular formula is C10H16N4O. The predicted molar refractivity (Wildman–Crippen MR) is 60.6 cm³/mol. The fourth-order valence-corrected chi connectivity index (χ4v) is 1.72. The van der Waals surface area contributed by atoms with E-state index in [1.54, 1.807) is 4.90 Å². The van der Waals surface area contributed by atoms with Crippen molar-refractivity contribution in [3.05, 3.63) is 15.9 Å². The Balaban J connectivity index is 2.49. The minimum atomic E-state index is -0.0249. The third-order valence-electron chi connectivity index (χ3n) is 2.64. The standard InChI is InChI=1S/C10H16N4O/c1-6-4-5-7-8(11-6)12-10(14(2)3)13-9(7)15/h6H,4-5H2,1-3H3,(H2,11,12,13,15). The van der Waals surface area contributed by atoms with E-state index in [-0.39, 0.29) is 5.56 Å². The molecule has 1 aliphatic rings. The van der Waals surface area contributed by atoms with Crippen LogP contribution in [0.2, 0.25) is 0 Å². The molecule has 1 atom stereocenters. The van der Waals surface area contributed by atoms with Crippen molar-refractivity contribution in [2.75, 3.05) is 24.3 Å². The summed E-state index contributed by atoms with van der Waals surface area (Å²) in [5.41, 5.74) is 0.752. The van der Waals surface area contributed by atoms with Gasteiger partial charge < -0.3 is 10.2 Å². The van der Waals surface area contributed by atoms with Crippen LogP contribution in [-0.2, 0) is 6.42 Å². The van der Waals surface area contributed by atoms with Crippen molar-refractivity contribution in [3.63, 3.8) is 0 Å². The van der Waals surface area contributed by atoms with Crippen molar-refractivity contribution >= 4 is 11.8 Å². The number of H-pyrrole nitrogens is 1. The number of hydrogen-bond donors (Lipinski definition) is 2. The van der Waals surface area contributed by atoms with Gasteiger partial charge in [0.05, 0.1) is 5.56 Å². The number of nitrogens with one attached hydrogen (secondary N) is 2. The van der Waals surface area contributed by atoms with E-state index < -0.39 is 0 Å². The van der Waals surface area contributed by atoms with E-state index in [1.807, 2.05) is 14.1 Å². The molecule has 15 heavy (non-hydrogen) atoms. The monoisotopic (exact) mass is 208 g/mol. The van der Waals surface area contributed by atoms with Crippen molar-refractivity contribution in [1.82, 2.24) is 9.97 Å². The summed E-state index contributed by atoms with van der Waals surface area (Å²) in [6.07, 6.45) is 1.79. The molecule has 0 bridgehead atoms. The zero-order chi connectivity index (χ0) is 11.0. The molecule has 1 aromatic rings. The zero-order valence-corrected chi connectivity index (χ0v) is 9.29. The van der Waals surface area contributed by atoms with Gasteiger partial charge in [0.1, 0.15) is 5.82 Å². The first-order valence-corrected chi connectivity index (χ1v) is 5.15. The van der Waals surface area contributed by atoms with Crippen LogP contribution in [0.1, 0.15) is 18.9 Å². The predicted octanol–water partition coefficient (Wildman–Crippen LogP) is 0.583. The summed E-state index contributed by atoms with van der Waals surface area (Å²) >= 11 is 0. The Morgan fingerprint density at radius 2 is 2.20 bits per heavy atom. The van der Waals surface area contributed by atoms with Crippen molar-refractivity contribution in [2.24, 2.45) is 0 Å². The second kappa shape index (κ2) is 3.56. The van der Waals surface area contributed by atoms with E-state index in [9.17, 15) is 4.79 Å². The summed E-state index contributed by atoms with van der Waals surface area (Å²) in [5.74, 6) is 1.33. The molecule has 2 rings (SSSR count). The minimum Gasteiger partial charge on any atom is -0.367 e. The fourth-order valence-electron chi connectivity index (χ4n) is 1.72. The fraction of sp³-hybridized carbons (Fsp3) is 0.600. The molecule has 1 unspecified atom stereocenters. The number of rotatable bonds is 1. The van der Waals surface area contributed by atoms with Gasteiger partial charge in [0.25, 0.3) is 5.56 Å². The van der Waals surface area contributed by atoms with Crippen LogP contribution in [-0.4, -0.2) is 30.1 Å². The Labute approximate surface area is 88.5 Å². The van der Waals surface area contributed by atoms with Gasteiger partial charge in [-0.3, -0.25) is 9.78 Å². The van der Waals surface area contributed by atoms with Crippen LogP contribution < -0.4 is 15.8 Å². The second-order valence-electron chi connectivity index (χ2n) is 4.20. The van der Waals surface area contributed by atoms with Gasteiger partial charge in [-0.25, -0.2) is 0 Å². The molecule has 0 amide bonds. The van der Waals surface area contributed by atoms with E-state index in [4.69, 9.17) is 0 Å². The van der Waals surface area contributed by atoms with Gasteiger partial charge in [-0.15, -0.1) is 0 Å². The normalized spacial score (nSPS) is 19.3. The van der Waals surface area contributed by atoms with Crippen LogP contribution in [0, 0.1) is 0 Å². The van der Waals surface area contributed by atoms with Crippen LogP contribution in [0.25, 0.3) is 0 Å². The van der Waals surface area contributed by atoms with Gasteiger partial charge in [0.2, 0.25) is 5.95 Å². The summed E-state index contributed by atoms with van der Waals surface area (Å²) in [5, 5.41) is 3.24. The summed E-state index contributed by atoms with van der Waals surface area (Å²) < 4.78 is 0. The Kier molecular flexibility index (Phi) is 2.38. The highest BCUT2D eigenvalue weighted by Gasteiger charge is 2.19. The third kappa shape index (κ3) is 1.82. The molecule has 2 heterocycles. The average Bonchev–Trinajstić information content (AvgIpc) is 2.16. The molecule has 0 saturated heterocycles. The highest BCUT2D eigenvalue weighted by Crippen LogP contribution is 2.20. The van der Waals surface area contributed by atoms with Gasteiger partial charge in [0.15, 0.2) is 0 Å². The lowest BCUT2D eigenvalue weighted by molar-refractivity contribution is 0.665. The molecule has 0 aliphatic carbocycles. The molecule has 0 radical (unpaired) electrons. The Bertz CT molecular complexity index is 424. The lowest BCUT2D eigenvalue weighted by atomic mass is 10.0. The zero-order valence-electron chi connectivity index (χ0n) is 9.29.